The summed E-state index contributed by atoms with van der Waals surface area (Å²) in [6, 6.07) is 9.82. The van der Waals surface area contributed by atoms with Crippen molar-refractivity contribution in [3.05, 3.63) is 30.3 Å². The number of ketones is 1. The Labute approximate surface area is 107 Å². The van der Waals surface area contributed by atoms with Gasteiger partial charge in [0.15, 0.2) is 0 Å². The van der Waals surface area contributed by atoms with Crippen LogP contribution in [0.25, 0.3) is 0 Å². The Morgan fingerprint density at radius 1 is 0.944 bits per heavy atom. The number of nitrogens with zero attached hydrogens (tertiary/aromatic N) is 1. The molecule has 0 N–H and O–H groups in total. The molecule has 1 aromatic rings. The third-order valence-corrected chi connectivity index (χ3v) is 4.35. The van der Waals surface area contributed by atoms with Crippen molar-refractivity contribution < 1.29 is 9.59 Å². The van der Waals surface area contributed by atoms with Crippen LogP contribution in [0.3, 0.4) is 0 Å². The Hall–Kier alpha value is -1.64. The summed E-state index contributed by atoms with van der Waals surface area (Å²) in [5.74, 6) is 0.535. The molecule has 2 fully saturated rings. The molecule has 1 spiro atoms. The summed E-state index contributed by atoms with van der Waals surface area (Å²) in [4.78, 5) is 25.8. The number of benzene rings is 1. The smallest absolute Gasteiger partial charge is 0.233 e. The van der Waals surface area contributed by atoms with Gasteiger partial charge in [0.05, 0.1) is 5.41 Å². The molecule has 0 aromatic heterocycles. The molecular weight excluding hydrogens is 226 g/mol. The third kappa shape index (κ3) is 1.74. The number of carbonyl (C=O) groups is 2. The van der Waals surface area contributed by atoms with Crippen LogP contribution in [-0.4, -0.2) is 18.2 Å². The van der Waals surface area contributed by atoms with Gasteiger partial charge in [-0.2, -0.15) is 0 Å². The van der Waals surface area contributed by atoms with Crippen molar-refractivity contribution in [1.29, 1.82) is 0 Å². The molecule has 1 aromatic carbocycles. The van der Waals surface area contributed by atoms with E-state index in [0.717, 1.165) is 31.5 Å². The van der Waals surface area contributed by atoms with Crippen molar-refractivity contribution >= 4 is 17.4 Å². The number of carbonyl (C=O) groups excluding carboxylic acids is 2. The zero-order valence-corrected chi connectivity index (χ0v) is 10.4. The fraction of sp³-hybridized carbons (Fsp3) is 0.467. The van der Waals surface area contributed by atoms with Crippen LogP contribution >= 0.6 is 0 Å². The summed E-state index contributed by atoms with van der Waals surface area (Å²) in [6.07, 6.45) is 3.54. The normalized spacial score (nSPS) is 22.8. The SMILES string of the molecule is O=C1CCC2(CC1)CCN(c1ccccc1)C2=O. The van der Waals surface area contributed by atoms with Crippen molar-refractivity contribution in [2.45, 2.75) is 32.1 Å². The minimum Gasteiger partial charge on any atom is -0.312 e. The summed E-state index contributed by atoms with van der Waals surface area (Å²) in [5.41, 5.74) is 0.736. The minimum absolute atomic E-state index is 0.223. The number of para-hydroxylation sites is 1. The van der Waals surface area contributed by atoms with Crippen LogP contribution in [0.4, 0.5) is 5.69 Å². The van der Waals surface area contributed by atoms with Crippen molar-refractivity contribution in [1.82, 2.24) is 0 Å². The van der Waals surface area contributed by atoms with Gasteiger partial charge < -0.3 is 4.90 Å². The number of hydrogen-bond acceptors (Lipinski definition) is 2. The van der Waals surface area contributed by atoms with Gasteiger partial charge in [-0.15, -0.1) is 0 Å². The van der Waals surface area contributed by atoms with Crippen LogP contribution in [0.5, 0.6) is 0 Å². The molecule has 0 radical (unpaired) electrons. The van der Waals surface area contributed by atoms with E-state index in [1.54, 1.807) is 0 Å². The molecule has 3 heteroatoms. The summed E-state index contributed by atoms with van der Waals surface area (Å²) in [7, 11) is 0. The maximum absolute atomic E-state index is 12.6. The van der Waals surface area contributed by atoms with Crippen LogP contribution in [0.15, 0.2) is 30.3 Å². The van der Waals surface area contributed by atoms with E-state index >= 15 is 0 Å². The molecule has 1 amide bonds. The maximum Gasteiger partial charge on any atom is 0.233 e. The van der Waals surface area contributed by atoms with Crippen LogP contribution in [0, 0.1) is 5.41 Å². The first-order valence-corrected chi connectivity index (χ1v) is 6.60. The quantitative estimate of drug-likeness (QED) is 0.760. The molecule has 0 bridgehead atoms. The first-order chi connectivity index (χ1) is 8.71. The summed E-state index contributed by atoms with van der Waals surface area (Å²) in [6.45, 7) is 0.789. The van der Waals surface area contributed by atoms with E-state index < -0.39 is 0 Å². The van der Waals surface area contributed by atoms with E-state index in [-0.39, 0.29) is 11.3 Å². The first-order valence-electron chi connectivity index (χ1n) is 6.60. The van der Waals surface area contributed by atoms with E-state index in [2.05, 4.69) is 0 Å². The van der Waals surface area contributed by atoms with Gasteiger partial charge in [-0.05, 0) is 31.4 Å². The van der Waals surface area contributed by atoms with Gasteiger partial charge in [-0.1, -0.05) is 18.2 Å². The summed E-state index contributed by atoms with van der Waals surface area (Å²) >= 11 is 0. The molecule has 1 heterocycles. The van der Waals surface area contributed by atoms with Crippen LogP contribution < -0.4 is 4.90 Å². The molecule has 2 aliphatic rings. The number of hydrogen-bond donors (Lipinski definition) is 0. The molecule has 18 heavy (non-hydrogen) atoms. The van der Waals surface area contributed by atoms with E-state index in [4.69, 9.17) is 0 Å². The third-order valence-electron chi connectivity index (χ3n) is 4.35. The fourth-order valence-electron chi connectivity index (χ4n) is 3.15. The number of amides is 1. The lowest BCUT2D eigenvalue weighted by Crippen LogP contribution is -2.37. The fourth-order valence-corrected chi connectivity index (χ4v) is 3.15. The van der Waals surface area contributed by atoms with E-state index in [1.165, 1.54) is 0 Å². The highest BCUT2D eigenvalue weighted by Gasteiger charge is 2.48. The average molecular weight is 243 g/mol. The predicted octanol–water partition coefficient (Wildman–Crippen LogP) is 2.55. The van der Waals surface area contributed by atoms with E-state index in [1.807, 2.05) is 35.2 Å². The zero-order valence-electron chi connectivity index (χ0n) is 10.4. The number of anilines is 1. The molecule has 3 rings (SSSR count). The predicted molar refractivity (Wildman–Crippen MR) is 69.3 cm³/mol. The molecule has 3 nitrogen and oxygen atoms in total. The summed E-state index contributed by atoms with van der Waals surface area (Å²) < 4.78 is 0. The zero-order chi connectivity index (χ0) is 12.6. The van der Waals surface area contributed by atoms with Gasteiger partial charge in [0.25, 0.3) is 0 Å². The second-order valence-electron chi connectivity index (χ2n) is 5.36. The van der Waals surface area contributed by atoms with Gasteiger partial charge in [0.2, 0.25) is 5.91 Å². The largest absolute Gasteiger partial charge is 0.312 e. The van der Waals surface area contributed by atoms with Gasteiger partial charge in [0.1, 0.15) is 5.78 Å². The monoisotopic (exact) mass is 243 g/mol. The highest BCUT2D eigenvalue weighted by atomic mass is 16.2. The van der Waals surface area contributed by atoms with Crippen molar-refractivity contribution in [2.75, 3.05) is 11.4 Å². The molecule has 1 saturated heterocycles. The Morgan fingerprint density at radius 2 is 1.61 bits per heavy atom. The highest BCUT2D eigenvalue weighted by molar-refractivity contribution is 6.01. The van der Waals surface area contributed by atoms with Gasteiger partial charge >= 0.3 is 0 Å². The van der Waals surface area contributed by atoms with Gasteiger partial charge in [0, 0.05) is 25.1 Å². The second-order valence-corrected chi connectivity index (χ2v) is 5.36. The molecule has 0 unspecified atom stereocenters. The molecule has 0 atom stereocenters. The minimum atomic E-state index is -0.246. The molecule has 1 aliphatic heterocycles. The lowest BCUT2D eigenvalue weighted by molar-refractivity contribution is -0.130. The second kappa shape index (κ2) is 4.23. The van der Waals surface area contributed by atoms with Gasteiger partial charge in [-0.25, -0.2) is 0 Å². The number of rotatable bonds is 1. The van der Waals surface area contributed by atoms with Crippen molar-refractivity contribution in [3.63, 3.8) is 0 Å². The van der Waals surface area contributed by atoms with Crippen LogP contribution in [0.1, 0.15) is 32.1 Å². The van der Waals surface area contributed by atoms with Gasteiger partial charge in [-0.3, -0.25) is 9.59 Å². The highest BCUT2D eigenvalue weighted by Crippen LogP contribution is 2.44. The van der Waals surface area contributed by atoms with Crippen molar-refractivity contribution in [2.24, 2.45) is 5.41 Å². The lowest BCUT2D eigenvalue weighted by atomic mass is 9.72. The molecule has 94 valence electrons. The Balaban J connectivity index is 1.83. The van der Waals surface area contributed by atoms with E-state index in [0.29, 0.717) is 18.6 Å². The Bertz CT molecular complexity index is 471. The number of Topliss-reactive ketones (excluding diaryl/α,β-unsaturated/α-hetero) is 1. The van der Waals surface area contributed by atoms with E-state index in [9.17, 15) is 9.59 Å². The topological polar surface area (TPSA) is 37.4 Å². The Kier molecular flexibility index (Phi) is 2.69. The van der Waals surface area contributed by atoms with Crippen molar-refractivity contribution in [3.8, 4) is 0 Å². The summed E-state index contributed by atoms with van der Waals surface area (Å²) in [5, 5.41) is 0. The lowest BCUT2D eigenvalue weighted by Gasteiger charge is -2.30. The first kappa shape index (κ1) is 11.5. The van der Waals surface area contributed by atoms with Crippen LogP contribution in [-0.2, 0) is 9.59 Å². The Morgan fingerprint density at radius 3 is 2.28 bits per heavy atom. The maximum atomic E-state index is 12.6. The van der Waals surface area contributed by atoms with Crippen LogP contribution in [0.2, 0.25) is 0 Å². The molecular formula is C15H17NO2. The average Bonchev–Trinajstić information content (AvgIpc) is 2.72. The molecule has 1 saturated carbocycles. The molecule has 1 aliphatic carbocycles. The standard InChI is InChI=1S/C15H17NO2/c17-13-6-8-15(9-7-13)10-11-16(14(15)18)12-4-2-1-3-5-12/h1-5H,6-11H2.